The molecule has 0 aliphatic rings. The minimum atomic E-state index is 0.00607. The predicted molar refractivity (Wildman–Crippen MR) is 80.7 cm³/mol. The molecule has 1 aromatic carbocycles. The fourth-order valence-electron chi connectivity index (χ4n) is 2.09. The van der Waals surface area contributed by atoms with E-state index < -0.39 is 0 Å². The third-order valence-corrected chi connectivity index (χ3v) is 3.39. The van der Waals surface area contributed by atoms with Crippen LogP contribution in [0.15, 0.2) is 36.7 Å². The number of methoxy groups -OCH3 is 1. The molecule has 4 heteroatoms. The first-order valence-electron chi connectivity index (χ1n) is 6.53. The average Bonchev–Trinajstić information content (AvgIpc) is 2.86. The van der Waals surface area contributed by atoms with E-state index >= 15 is 0 Å². The molecule has 0 aliphatic heterocycles. The number of halogens is 1. The number of hydrogen-bond donors (Lipinski definition) is 0. The Morgan fingerprint density at radius 3 is 2.75 bits per heavy atom. The first kappa shape index (κ1) is 14.7. The standard InChI is InChI=1S/C16H18ClNO2/c1-11(2)16(19)12-6-7-18(9-12)10-13-8-14(17)4-5-15(13)20-3/h4-9,11H,10H2,1-3H3. The number of hydrogen-bond acceptors (Lipinski definition) is 2. The second-order valence-corrected chi connectivity index (χ2v) is 5.48. The maximum Gasteiger partial charge on any atom is 0.166 e. The predicted octanol–water partition coefficient (Wildman–Crippen LogP) is 4.04. The zero-order valence-electron chi connectivity index (χ0n) is 11.9. The topological polar surface area (TPSA) is 31.2 Å². The Kier molecular flexibility index (Phi) is 4.50. The van der Waals surface area contributed by atoms with Gasteiger partial charge in [0.2, 0.25) is 0 Å². The fourth-order valence-corrected chi connectivity index (χ4v) is 2.28. The summed E-state index contributed by atoms with van der Waals surface area (Å²) >= 11 is 6.02. The largest absolute Gasteiger partial charge is 0.496 e. The van der Waals surface area contributed by atoms with Crippen LogP contribution >= 0.6 is 11.6 Å². The van der Waals surface area contributed by atoms with Gasteiger partial charge in [-0.25, -0.2) is 0 Å². The molecule has 0 N–H and O–H groups in total. The van der Waals surface area contributed by atoms with Crippen LogP contribution in [0.2, 0.25) is 5.02 Å². The Morgan fingerprint density at radius 1 is 1.35 bits per heavy atom. The molecule has 20 heavy (non-hydrogen) atoms. The summed E-state index contributed by atoms with van der Waals surface area (Å²) in [6, 6.07) is 7.37. The zero-order valence-corrected chi connectivity index (χ0v) is 12.6. The van der Waals surface area contributed by atoms with Gasteiger partial charge < -0.3 is 9.30 Å². The summed E-state index contributed by atoms with van der Waals surface area (Å²) in [6.45, 7) is 4.43. The molecular weight excluding hydrogens is 274 g/mol. The Bertz CT molecular complexity index is 617. The van der Waals surface area contributed by atoms with Crippen molar-refractivity contribution in [3.8, 4) is 5.75 Å². The third-order valence-electron chi connectivity index (χ3n) is 3.15. The minimum absolute atomic E-state index is 0.00607. The lowest BCUT2D eigenvalue weighted by atomic mass is 10.0. The molecule has 0 aliphatic carbocycles. The van der Waals surface area contributed by atoms with E-state index in [0.717, 1.165) is 16.9 Å². The number of nitrogens with zero attached hydrogens (tertiary/aromatic N) is 1. The number of aromatic nitrogens is 1. The van der Waals surface area contributed by atoms with Crippen LogP contribution < -0.4 is 4.74 Å². The van der Waals surface area contributed by atoms with Crippen LogP contribution in [0.5, 0.6) is 5.75 Å². The van der Waals surface area contributed by atoms with E-state index in [-0.39, 0.29) is 11.7 Å². The molecule has 2 rings (SSSR count). The molecule has 1 heterocycles. The van der Waals surface area contributed by atoms with E-state index in [1.54, 1.807) is 13.2 Å². The second kappa shape index (κ2) is 6.14. The van der Waals surface area contributed by atoms with E-state index in [4.69, 9.17) is 16.3 Å². The molecule has 0 radical (unpaired) electrons. The van der Waals surface area contributed by atoms with E-state index in [0.29, 0.717) is 11.6 Å². The molecular formula is C16H18ClNO2. The summed E-state index contributed by atoms with van der Waals surface area (Å²) in [7, 11) is 1.64. The lowest BCUT2D eigenvalue weighted by molar-refractivity contribution is 0.0939. The molecule has 3 nitrogen and oxygen atoms in total. The van der Waals surface area contributed by atoms with Crippen LogP contribution in [-0.2, 0) is 6.54 Å². The van der Waals surface area contributed by atoms with Gasteiger partial charge in [0.05, 0.1) is 13.7 Å². The molecule has 0 amide bonds. The van der Waals surface area contributed by atoms with Crippen molar-refractivity contribution in [1.82, 2.24) is 4.57 Å². The Hall–Kier alpha value is -1.74. The first-order chi connectivity index (χ1) is 9.51. The molecule has 1 aromatic heterocycles. The molecule has 0 spiro atoms. The SMILES string of the molecule is COc1ccc(Cl)cc1Cn1ccc(C(=O)C(C)C)c1. The number of benzene rings is 1. The molecule has 0 saturated heterocycles. The van der Waals surface area contributed by atoms with Crippen molar-refractivity contribution < 1.29 is 9.53 Å². The normalized spacial score (nSPS) is 10.8. The summed E-state index contributed by atoms with van der Waals surface area (Å²) < 4.78 is 7.29. The second-order valence-electron chi connectivity index (χ2n) is 5.05. The van der Waals surface area contributed by atoms with Crippen molar-refractivity contribution in [2.24, 2.45) is 5.92 Å². The highest BCUT2D eigenvalue weighted by Crippen LogP contribution is 2.24. The molecule has 106 valence electrons. The van der Waals surface area contributed by atoms with Crippen molar-refractivity contribution in [2.45, 2.75) is 20.4 Å². The smallest absolute Gasteiger partial charge is 0.166 e. The number of carbonyl (C=O) groups is 1. The van der Waals surface area contributed by atoms with Crippen LogP contribution in [0, 0.1) is 5.92 Å². The zero-order chi connectivity index (χ0) is 14.7. The highest BCUT2D eigenvalue weighted by Gasteiger charge is 2.12. The van der Waals surface area contributed by atoms with Gasteiger partial charge in [0, 0.05) is 34.5 Å². The van der Waals surface area contributed by atoms with Crippen molar-refractivity contribution in [1.29, 1.82) is 0 Å². The minimum Gasteiger partial charge on any atom is -0.496 e. The molecule has 0 saturated carbocycles. The van der Waals surface area contributed by atoms with Crippen LogP contribution in [0.3, 0.4) is 0 Å². The Labute approximate surface area is 124 Å². The van der Waals surface area contributed by atoms with Gasteiger partial charge in [0.25, 0.3) is 0 Å². The highest BCUT2D eigenvalue weighted by molar-refractivity contribution is 6.30. The Balaban J connectivity index is 2.23. The first-order valence-corrected chi connectivity index (χ1v) is 6.91. The van der Waals surface area contributed by atoms with Crippen LogP contribution in [0.4, 0.5) is 0 Å². The lowest BCUT2D eigenvalue weighted by Gasteiger charge is -2.09. The fraction of sp³-hybridized carbons (Fsp3) is 0.312. The number of ketones is 1. The number of Topliss-reactive ketones (excluding diaryl/α,β-unsaturated/α-hetero) is 1. The summed E-state index contributed by atoms with van der Waals surface area (Å²) in [5, 5.41) is 0.673. The lowest BCUT2D eigenvalue weighted by Crippen LogP contribution is -2.06. The van der Waals surface area contributed by atoms with Crippen molar-refractivity contribution >= 4 is 17.4 Å². The summed E-state index contributed by atoms with van der Waals surface area (Å²) in [5.74, 6) is 0.952. The average molecular weight is 292 g/mol. The van der Waals surface area contributed by atoms with E-state index in [9.17, 15) is 4.79 Å². The van der Waals surface area contributed by atoms with Gasteiger partial charge in [0.1, 0.15) is 5.75 Å². The number of carbonyl (C=O) groups excluding carboxylic acids is 1. The van der Waals surface area contributed by atoms with E-state index in [2.05, 4.69) is 0 Å². The van der Waals surface area contributed by atoms with Gasteiger partial charge in [0.15, 0.2) is 5.78 Å². The van der Waals surface area contributed by atoms with Gasteiger partial charge >= 0.3 is 0 Å². The molecule has 0 bridgehead atoms. The molecule has 2 aromatic rings. The van der Waals surface area contributed by atoms with Gasteiger partial charge in [-0.2, -0.15) is 0 Å². The third kappa shape index (κ3) is 3.23. The summed E-state index contributed by atoms with van der Waals surface area (Å²) in [5.41, 5.74) is 1.72. The maximum atomic E-state index is 11.9. The van der Waals surface area contributed by atoms with Crippen molar-refractivity contribution in [3.05, 3.63) is 52.8 Å². The van der Waals surface area contributed by atoms with Crippen molar-refractivity contribution in [2.75, 3.05) is 7.11 Å². The summed E-state index contributed by atoms with van der Waals surface area (Å²) in [4.78, 5) is 11.9. The highest BCUT2D eigenvalue weighted by atomic mass is 35.5. The summed E-state index contributed by atoms with van der Waals surface area (Å²) in [6.07, 6.45) is 3.76. The molecule has 0 unspecified atom stereocenters. The van der Waals surface area contributed by atoms with E-state index in [1.165, 1.54) is 0 Å². The maximum absolute atomic E-state index is 11.9. The van der Waals surface area contributed by atoms with Crippen LogP contribution in [0.25, 0.3) is 0 Å². The van der Waals surface area contributed by atoms with Crippen LogP contribution in [0.1, 0.15) is 29.8 Å². The number of rotatable bonds is 5. The van der Waals surface area contributed by atoms with Gasteiger partial charge in [-0.05, 0) is 24.3 Å². The van der Waals surface area contributed by atoms with Crippen molar-refractivity contribution in [3.63, 3.8) is 0 Å². The molecule has 0 atom stereocenters. The van der Waals surface area contributed by atoms with Gasteiger partial charge in [-0.3, -0.25) is 4.79 Å². The quantitative estimate of drug-likeness (QED) is 0.779. The molecule has 0 fully saturated rings. The monoisotopic (exact) mass is 291 g/mol. The van der Waals surface area contributed by atoms with Crippen LogP contribution in [-0.4, -0.2) is 17.5 Å². The number of ether oxygens (including phenoxy) is 1. The van der Waals surface area contributed by atoms with E-state index in [1.807, 2.05) is 49.0 Å². The van der Waals surface area contributed by atoms with Gasteiger partial charge in [-0.1, -0.05) is 25.4 Å². The van der Waals surface area contributed by atoms with Gasteiger partial charge in [-0.15, -0.1) is 0 Å². The Morgan fingerprint density at radius 2 is 2.10 bits per heavy atom.